The molecule has 2 heterocycles. The Bertz CT molecular complexity index is 297. The molecule has 1 N–H and O–H groups in total. The Balaban J connectivity index is 1.72. The van der Waals surface area contributed by atoms with E-state index in [9.17, 15) is 4.79 Å². The van der Waals surface area contributed by atoms with Gasteiger partial charge in [0, 0.05) is 19.1 Å². The average molecular weight is 254 g/mol. The molecule has 104 valence electrons. The second kappa shape index (κ2) is 5.08. The van der Waals surface area contributed by atoms with Crippen LogP contribution in [0.15, 0.2) is 0 Å². The molecule has 18 heavy (non-hydrogen) atoms. The summed E-state index contributed by atoms with van der Waals surface area (Å²) >= 11 is 0. The number of carbonyl (C=O) groups is 1. The molecule has 0 aromatic heterocycles. The SMILES string of the molecule is CC1CCC(C2CN(C(=O)OC(C)(C)C)C2)CN1. The van der Waals surface area contributed by atoms with E-state index in [1.807, 2.05) is 25.7 Å². The van der Waals surface area contributed by atoms with Crippen LogP contribution in [0.5, 0.6) is 0 Å². The topological polar surface area (TPSA) is 41.6 Å². The molecule has 1 amide bonds. The molecule has 0 aliphatic carbocycles. The molecule has 0 aromatic carbocycles. The zero-order valence-corrected chi connectivity index (χ0v) is 12.0. The third kappa shape index (κ3) is 3.37. The summed E-state index contributed by atoms with van der Waals surface area (Å²) in [6.07, 6.45) is 2.39. The van der Waals surface area contributed by atoms with Crippen molar-refractivity contribution in [1.82, 2.24) is 10.2 Å². The van der Waals surface area contributed by atoms with Gasteiger partial charge >= 0.3 is 6.09 Å². The van der Waals surface area contributed by atoms with E-state index in [1.54, 1.807) is 0 Å². The van der Waals surface area contributed by atoms with Gasteiger partial charge < -0.3 is 15.0 Å². The molecule has 2 rings (SSSR count). The molecule has 4 nitrogen and oxygen atoms in total. The van der Waals surface area contributed by atoms with Crippen LogP contribution in [0.1, 0.15) is 40.5 Å². The van der Waals surface area contributed by atoms with Crippen molar-refractivity contribution < 1.29 is 9.53 Å². The van der Waals surface area contributed by atoms with Gasteiger partial charge in [-0.15, -0.1) is 0 Å². The van der Waals surface area contributed by atoms with E-state index in [0.717, 1.165) is 25.6 Å². The molecule has 2 aliphatic heterocycles. The molecule has 2 unspecified atom stereocenters. The van der Waals surface area contributed by atoms with Gasteiger partial charge in [0.15, 0.2) is 0 Å². The number of amides is 1. The minimum Gasteiger partial charge on any atom is -0.444 e. The summed E-state index contributed by atoms with van der Waals surface area (Å²) in [6.45, 7) is 10.8. The highest BCUT2D eigenvalue weighted by Crippen LogP contribution is 2.30. The monoisotopic (exact) mass is 254 g/mol. The van der Waals surface area contributed by atoms with Crippen LogP contribution >= 0.6 is 0 Å². The number of ether oxygens (including phenoxy) is 1. The Morgan fingerprint density at radius 1 is 1.22 bits per heavy atom. The van der Waals surface area contributed by atoms with Crippen LogP contribution in [0.25, 0.3) is 0 Å². The molecule has 2 aliphatic rings. The van der Waals surface area contributed by atoms with Crippen LogP contribution in [0.2, 0.25) is 0 Å². The molecular weight excluding hydrogens is 228 g/mol. The van der Waals surface area contributed by atoms with Crippen molar-refractivity contribution in [2.45, 2.75) is 52.2 Å². The highest BCUT2D eigenvalue weighted by Gasteiger charge is 2.38. The smallest absolute Gasteiger partial charge is 0.410 e. The average Bonchev–Trinajstić information content (AvgIpc) is 2.15. The zero-order valence-electron chi connectivity index (χ0n) is 12.0. The van der Waals surface area contributed by atoms with Gasteiger partial charge in [-0.25, -0.2) is 4.79 Å². The summed E-state index contributed by atoms with van der Waals surface area (Å²) in [4.78, 5) is 13.6. The number of hydrogen-bond acceptors (Lipinski definition) is 3. The molecule has 4 heteroatoms. The highest BCUT2D eigenvalue weighted by molar-refractivity contribution is 5.69. The van der Waals surface area contributed by atoms with Crippen LogP contribution in [0, 0.1) is 11.8 Å². The third-order valence-corrected chi connectivity index (χ3v) is 3.93. The van der Waals surface area contributed by atoms with E-state index in [2.05, 4.69) is 12.2 Å². The number of carbonyl (C=O) groups excluding carboxylic acids is 1. The number of hydrogen-bond donors (Lipinski definition) is 1. The lowest BCUT2D eigenvalue weighted by Gasteiger charge is -2.45. The number of piperidine rings is 1. The third-order valence-electron chi connectivity index (χ3n) is 3.93. The molecule has 0 radical (unpaired) electrons. The predicted molar refractivity (Wildman–Crippen MR) is 71.5 cm³/mol. The van der Waals surface area contributed by atoms with Crippen molar-refractivity contribution >= 4 is 6.09 Å². The first-order valence-electron chi connectivity index (χ1n) is 7.06. The van der Waals surface area contributed by atoms with Crippen LogP contribution in [-0.2, 0) is 4.74 Å². The van der Waals surface area contributed by atoms with E-state index in [0.29, 0.717) is 12.0 Å². The van der Waals surface area contributed by atoms with Crippen LogP contribution in [0.4, 0.5) is 4.79 Å². The van der Waals surface area contributed by atoms with E-state index in [-0.39, 0.29) is 11.7 Å². The van der Waals surface area contributed by atoms with Crippen molar-refractivity contribution in [2.24, 2.45) is 11.8 Å². The fourth-order valence-electron chi connectivity index (χ4n) is 2.71. The van der Waals surface area contributed by atoms with Crippen LogP contribution < -0.4 is 5.32 Å². The second-order valence-electron chi connectivity index (χ2n) is 6.79. The number of rotatable bonds is 1. The molecule has 2 saturated heterocycles. The minimum absolute atomic E-state index is 0.157. The Morgan fingerprint density at radius 3 is 2.39 bits per heavy atom. The fourth-order valence-corrected chi connectivity index (χ4v) is 2.71. The van der Waals surface area contributed by atoms with E-state index in [4.69, 9.17) is 4.74 Å². The molecule has 0 bridgehead atoms. The van der Waals surface area contributed by atoms with Crippen molar-refractivity contribution in [3.63, 3.8) is 0 Å². The lowest BCUT2D eigenvalue weighted by Crippen LogP contribution is -2.56. The van der Waals surface area contributed by atoms with Gasteiger partial charge in [-0.05, 0) is 58.9 Å². The van der Waals surface area contributed by atoms with Crippen molar-refractivity contribution in [2.75, 3.05) is 19.6 Å². The summed E-state index contributed by atoms with van der Waals surface area (Å²) < 4.78 is 5.37. The van der Waals surface area contributed by atoms with E-state index in [1.165, 1.54) is 12.8 Å². The van der Waals surface area contributed by atoms with Gasteiger partial charge in [-0.3, -0.25) is 0 Å². The Hall–Kier alpha value is -0.770. The first-order chi connectivity index (χ1) is 8.35. The maximum absolute atomic E-state index is 11.8. The summed E-state index contributed by atoms with van der Waals surface area (Å²) in [5, 5.41) is 3.53. The predicted octanol–water partition coefficient (Wildman–Crippen LogP) is 2.24. The molecule has 2 fully saturated rings. The molecule has 2 atom stereocenters. The summed E-state index contributed by atoms with van der Waals surface area (Å²) in [5.41, 5.74) is -0.385. The summed E-state index contributed by atoms with van der Waals surface area (Å²) in [5.74, 6) is 1.40. The lowest BCUT2D eigenvalue weighted by atomic mass is 9.80. The van der Waals surface area contributed by atoms with Gasteiger partial charge in [-0.1, -0.05) is 0 Å². The standard InChI is InChI=1S/C14H26N2O2/c1-10-5-6-11(7-15-10)12-8-16(9-12)13(17)18-14(2,3)4/h10-12,15H,5-9H2,1-4H3. The van der Waals surface area contributed by atoms with Crippen LogP contribution in [0.3, 0.4) is 0 Å². The molecule has 0 saturated carbocycles. The maximum atomic E-state index is 11.8. The van der Waals surface area contributed by atoms with Gasteiger partial charge in [0.05, 0.1) is 0 Å². The Kier molecular flexibility index (Phi) is 3.85. The van der Waals surface area contributed by atoms with Crippen molar-refractivity contribution in [3.05, 3.63) is 0 Å². The van der Waals surface area contributed by atoms with Gasteiger partial charge in [-0.2, -0.15) is 0 Å². The number of likely N-dealkylation sites (tertiary alicyclic amines) is 1. The summed E-state index contributed by atoms with van der Waals surface area (Å²) in [6, 6.07) is 0.656. The number of nitrogens with zero attached hydrogens (tertiary/aromatic N) is 1. The second-order valence-corrected chi connectivity index (χ2v) is 6.79. The molecule has 0 spiro atoms. The Morgan fingerprint density at radius 2 is 1.89 bits per heavy atom. The van der Waals surface area contributed by atoms with Gasteiger partial charge in [0.2, 0.25) is 0 Å². The molecule has 0 aromatic rings. The van der Waals surface area contributed by atoms with Crippen molar-refractivity contribution in [1.29, 1.82) is 0 Å². The van der Waals surface area contributed by atoms with E-state index < -0.39 is 0 Å². The number of nitrogens with one attached hydrogen (secondary N) is 1. The highest BCUT2D eigenvalue weighted by atomic mass is 16.6. The van der Waals surface area contributed by atoms with Crippen molar-refractivity contribution in [3.8, 4) is 0 Å². The van der Waals surface area contributed by atoms with Gasteiger partial charge in [0.25, 0.3) is 0 Å². The summed E-state index contributed by atoms with van der Waals surface area (Å²) in [7, 11) is 0. The fraction of sp³-hybridized carbons (Fsp3) is 0.929. The van der Waals surface area contributed by atoms with Gasteiger partial charge in [0.1, 0.15) is 5.60 Å². The largest absolute Gasteiger partial charge is 0.444 e. The van der Waals surface area contributed by atoms with Crippen LogP contribution in [-0.4, -0.2) is 42.3 Å². The zero-order chi connectivity index (χ0) is 13.3. The normalized spacial score (nSPS) is 29.9. The maximum Gasteiger partial charge on any atom is 0.410 e. The minimum atomic E-state index is -0.385. The lowest BCUT2D eigenvalue weighted by molar-refractivity contribution is -0.0139. The van der Waals surface area contributed by atoms with E-state index >= 15 is 0 Å². The first kappa shape index (κ1) is 13.7. The molecular formula is C14H26N2O2. The first-order valence-corrected chi connectivity index (χ1v) is 7.06. The Labute approximate surface area is 110 Å². The quantitative estimate of drug-likeness (QED) is 0.780.